The van der Waals surface area contributed by atoms with Crippen LogP contribution in [0.25, 0.3) is 11.1 Å². The standard InChI is InChI=1S/C19H19N3O5/c1-11-21-22-19(27-11)16(8-18(23)24)13-6-12(9-20-10-13)15-5-4-14(25-2)7-17(15)26-3/h4-7,9-10,16H,8H2,1-3H3,(H,23,24). The van der Waals surface area contributed by atoms with Crippen LogP contribution < -0.4 is 9.47 Å². The molecule has 0 spiro atoms. The lowest BCUT2D eigenvalue weighted by atomic mass is 9.94. The first kappa shape index (κ1) is 18.4. The van der Waals surface area contributed by atoms with Crippen LogP contribution in [0.15, 0.2) is 41.1 Å². The smallest absolute Gasteiger partial charge is 0.304 e. The van der Waals surface area contributed by atoms with Crippen molar-refractivity contribution in [1.82, 2.24) is 15.2 Å². The van der Waals surface area contributed by atoms with Crippen molar-refractivity contribution in [3.8, 4) is 22.6 Å². The summed E-state index contributed by atoms with van der Waals surface area (Å²) in [6, 6.07) is 7.31. The van der Waals surface area contributed by atoms with Crippen LogP contribution in [0.4, 0.5) is 0 Å². The molecule has 0 bridgehead atoms. The molecular formula is C19H19N3O5. The van der Waals surface area contributed by atoms with E-state index in [4.69, 9.17) is 13.9 Å². The van der Waals surface area contributed by atoms with E-state index in [1.54, 1.807) is 39.6 Å². The van der Waals surface area contributed by atoms with Crippen LogP contribution in [0.2, 0.25) is 0 Å². The van der Waals surface area contributed by atoms with Gasteiger partial charge in [-0.3, -0.25) is 9.78 Å². The summed E-state index contributed by atoms with van der Waals surface area (Å²) in [5.74, 6) is 0.349. The third kappa shape index (κ3) is 4.05. The summed E-state index contributed by atoms with van der Waals surface area (Å²) < 4.78 is 16.1. The Morgan fingerprint density at radius 3 is 2.63 bits per heavy atom. The molecule has 0 aliphatic rings. The second kappa shape index (κ2) is 7.86. The van der Waals surface area contributed by atoms with Gasteiger partial charge in [0, 0.05) is 36.5 Å². The van der Waals surface area contributed by atoms with Gasteiger partial charge in [0.2, 0.25) is 11.8 Å². The quantitative estimate of drug-likeness (QED) is 0.677. The van der Waals surface area contributed by atoms with Crippen molar-refractivity contribution < 1.29 is 23.8 Å². The lowest BCUT2D eigenvalue weighted by molar-refractivity contribution is -0.137. The molecule has 8 nitrogen and oxygen atoms in total. The molecule has 1 atom stereocenters. The average molecular weight is 369 g/mol. The van der Waals surface area contributed by atoms with Gasteiger partial charge in [-0.25, -0.2) is 0 Å². The maximum absolute atomic E-state index is 11.3. The Balaban J connectivity index is 2.04. The zero-order valence-corrected chi connectivity index (χ0v) is 15.2. The summed E-state index contributed by atoms with van der Waals surface area (Å²) in [6.45, 7) is 1.66. The van der Waals surface area contributed by atoms with Gasteiger partial charge in [0.1, 0.15) is 11.5 Å². The Morgan fingerprint density at radius 1 is 1.19 bits per heavy atom. The average Bonchev–Trinajstić information content (AvgIpc) is 3.11. The van der Waals surface area contributed by atoms with Gasteiger partial charge in [0.25, 0.3) is 0 Å². The Hall–Kier alpha value is -3.42. The maximum Gasteiger partial charge on any atom is 0.304 e. The number of hydrogen-bond acceptors (Lipinski definition) is 7. The summed E-state index contributed by atoms with van der Waals surface area (Å²) >= 11 is 0. The summed E-state index contributed by atoms with van der Waals surface area (Å²) in [4.78, 5) is 15.6. The van der Waals surface area contributed by atoms with E-state index in [2.05, 4.69) is 15.2 Å². The van der Waals surface area contributed by atoms with E-state index in [0.717, 1.165) is 11.1 Å². The van der Waals surface area contributed by atoms with Gasteiger partial charge in [0.05, 0.1) is 26.6 Å². The highest BCUT2D eigenvalue weighted by molar-refractivity contribution is 5.72. The predicted molar refractivity (Wildman–Crippen MR) is 95.9 cm³/mol. The van der Waals surface area contributed by atoms with Crippen LogP contribution in [-0.2, 0) is 4.79 Å². The Bertz CT molecular complexity index is 954. The first-order valence-electron chi connectivity index (χ1n) is 8.21. The van der Waals surface area contributed by atoms with Crippen molar-refractivity contribution in [3.05, 3.63) is 54.0 Å². The van der Waals surface area contributed by atoms with Gasteiger partial charge in [0.15, 0.2) is 0 Å². The van der Waals surface area contributed by atoms with Crippen molar-refractivity contribution in [3.63, 3.8) is 0 Å². The molecule has 3 rings (SSSR count). The van der Waals surface area contributed by atoms with Crippen molar-refractivity contribution in [1.29, 1.82) is 0 Å². The minimum absolute atomic E-state index is 0.188. The van der Waals surface area contributed by atoms with Gasteiger partial charge < -0.3 is 19.0 Å². The fraction of sp³-hybridized carbons (Fsp3) is 0.263. The lowest BCUT2D eigenvalue weighted by Crippen LogP contribution is -2.09. The molecule has 0 aliphatic carbocycles. The number of aryl methyl sites for hydroxylation is 1. The van der Waals surface area contributed by atoms with Crippen LogP contribution >= 0.6 is 0 Å². The number of aromatic nitrogens is 3. The highest BCUT2D eigenvalue weighted by atomic mass is 16.5. The number of aliphatic carboxylic acids is 1. The van der Waals surface area contributed by atoms with Crippen molar-refractivity contribution >= 4 is 5.97 Å². The molecule has 0 amide bonds. The molecule has 0 fully saturated rings. The first-order valence-corrected chi connectivity index (χ1v) is 8.21. The van der Waals surface area contributed by atoms with E-state index >= 15 is 0 Å². The largest absolute Gasteiger partial charge is 0.497 e. The monoisotopic (exact) mass is 369 g/mol. The normalized spacial score (nSPS) is 11.8. The highest BCUT2D eigenvalue weighted by Crippen LogP contribution is 2.35. The molecule has 0 radical (unpaired) electrons. The minimum Gasteiger partial charge on any atom is -0.497 e. The molecule has 0 saturated carbocycles. The van der Waals surface area contributed by atoms with Crippen LogP contribution in [0, 0.1) is 6.92 Å². The fourth-order valence-electron chi connectivity index (χ4n) is 2.81. The number of pyridine rings is 1. The van der Waals surface area contributed by atoms with E-state index in [0.29, 0.717) is 23.0 Å². The number of carboxylic acids is 1. The van der Waals surface area contributed by atoms with Gasteiger partial charge in [-0.1, -0.05) is 0 Å². The van der Waals surface area contributed by atoms with E-state index < -0.39 is 11.9 Å². The molecule has 3 aromatic rings. The summed E-state index contributed by atoms with van der Waals surface area (Å²) in [5.41, 5.74) is 2.25. The van der Waals surface area contributed by atoms with Gasteiger partial charge in [-0.15, -0.1) is 10.2 Å². The molecule has 2 heterocycles. The molecule has 2 aromatic heterocycles. The van der Waals surface area contributed by atoms with Crippen LogP contribution in [0.1, 0.15) is 29.7 Å². The van der Waals surface area contributed by atoms with E-state index in [-0.39, 0.29) is 12.3 Å². The van der Waals surface area contributed by atoms with E-state index in [1.165, 1.54) is 0 Å². The molecule has 0 aliphatic heterocycles. The summed E-state index contributed by atoms with van der Waals surface area (Å²) in [5, 5.41) is 17.1. The van der Waals surface area contributed by atoms with Crippen LogP contribution in [-0.4, -0.2) is 40.5 Å². The molecule has 140 valence electrons. The number of carboxylic acid groups (broad SMARTS) is 1. The van der Waals surface area contributed by atoms with Crippen LogP contribution in [0.5, 0.6) is 11.5 Å². The van der Waals surface area contributed by atoms with Crippen LogP contribution in [0.3, 0.4) is 0 Å². The zero-order chi connectivity index (χ0) is 19.4. The van der Waals surface area contributed by atoms with Gasteiger partial charge in [-0.05, 0) is 23.8 Å². The SMILES string of the molecule is COc1ccc(-c2cncc(C(CC(=O)O)c3nnc(C)o3)c2)c(OC)c1. The first-order chi connectivity index (χ1) is 13.0. The van der Waals surface area contributed by atoms with E-state index in [1.807, 2.05) is 18.2 Å². The third-order valence-corrected chi connectivity index (χ3v) is 4.10. The minimum atomic E-state index is -0.969. The van der Waals surface area contributed by atoms with Gasteiger partial charge in [-0.2, -0.15) is 0 Å². The number of hydrogen-bond donors (Lipinski definition) is 1. The second-order valence-corrected chi connectivity index (χ2v) is 5.88. The molecule has 0 saturated heterocycles. The lowest BCUT2D eigenvalue weighted by Gasteiger charge is -2.14. The number of benzene rings is 1. The molecule has 1 N–H and O–H groups in total. The molecular weight excluding hydrogens is 350 g/mol. The topological polar surface area (TPSA) is 108 Å². The Morgan fingerprint density at radius 2 is 2.00 bits per heavy atom. The number of methoxy groups -OCH3 is 2. The molecule has 1 unspecified atom stereocenters. The Labute approximate surface area is 155 Å². The summed E-state index contributed by atoms with van der Waals surface area (Å²) in [6.07, 6.45) is 3.10. The number of carbonyl (C=O) groups is 1. The fourth-order valence-corrected chi connectivity index (χ4v) is 2.81. The molecule has 27 heavy (non-hydrogen) atoms. The predicted octanol–water partition coefficient (Wildman–Crippen LogP) is 3.06. The van der Waals surface area contributed by atoms with Gasteiger partial charge >= 0.3 is 5.97 Å². The Kier molecular flexibility index (Phi) is 5.35. The van der Waals surface area contributed by atoms with E-state index in [9.17, 15) is 9.90 Å². The third-order valence-electron chi connectivity index (χ3n) is 4.10. The summed E-state index contributed by atoms with van der Waals surface area (Å²) in [7, 11) is 3.16. The van der Waals surface area contributed by atoms with Crippen molar-refractivity contribution in [2.24, 2.45) is 0 Å². The van der Waals surface area contributed by atoms with Crippen molar-refractivity contribution in [2.45, 2.75) is 19.3 Å². The maximum atomic E-state index is 11.3. The molecule has 8 heteroatoms. The highest BCUT2D eigenvalue weighted by Gasteiger charge is 2.24. The molecule has 1 aromatic carbocycles. The number of nitrogens with zero attached hydrogens (tertiary/aromatic N) is 3. The number of ether oxygens (including phenoxy) is 2. The number of rotatable bonds is 7. The second-order valence-electron chi connectivity index (χ2n) is 5.88. The van der Waals surface area contributed by atoms with Crippen molar-refractivity contribution in [2.75, 3.05) is 14.2 Å². The zero-order valence-electron chi connectivity index (χ0n) is 15.2.